The number of unbranched alkanes of at least 4 members (excludes halogenated alkanes) is 10. The summed E-state index contributed by atoms with van der Waals surface area (Å²) in [7, 11) is 0. The molecule has 0 nitrogen and oxygen atoms in total. The second kappa shape index (κ2) is 15.2. The molecule has 0 atom stereocenters. The van der Waals surface area contributed by atoms with Crippen LogP contribution >= 0.6 is 0 Å². The third-order valence-electron chi connectivity index (χ3n) is 4.54. The van der Waals surface area contributed by atoms with Gasteiger partial charge in [0.1, 0.15) is 0 Å². The van der Waals surface area contributed by atoms with Crippen molar-refractivity contribution in [2.75, 3.05) is 0 Å². The molecule has 0 saturated heterocycles. The molecule has 0 heterocycles. The first-order valence-corrected chi connectivity index (χ1v) is 10.3. The second-order valence-corrected chi connectivity index (χ2v) is 6.84. The van der Waals surface area contributed by atoms with E-state index in [9.17, 15) is 0 Å². The smallest absolute Gasteiger partial charge is 0.0187 e. The van der Waals surface area contributed by atoms with Crippen LogP contribution in [0.2, 0.25) is 0 Å². The number of hydrogen-bond donors (Lipinski definition) is 0. The van der Waals surface area contributed by atoms with Gasteiger partial charge in [-0.1, -0.05) is 114 Å². The first-order valence-electron chi connectivity index (χ1n) is 10.3. The summed E-state index contributed by atoms with van der Waals surface area (Å²) in [6.45, 7) is 4.55. The van der Waals surface area contributed by atoms with Crippen molar-refractivity contribution in [2.45, 2.75) is 90.9 Å². The van der Waals surface area contributed by atoms with Gasteiger partial charge in [0.15, 0.2) is 0 Å². The molecule has 24 heavy (non-hydrogen) atoms. The SMILES string of the molecule is CCCCCCCC=Cc1ccccc1C=CCCCCCCC. The van der Waals surface area contributed by atoms with Gasteiger partial charge in [0.25, 0.3) is 0 Å². The predicted molar refractivity (Wildman–Crippen MR) is 111 cm³/mol. The molecule has 0 aliphatic carbocycles. The predicted octanol–water partition coefficient (Wildman–Crippen LogP) is 8.43. The lowest BCUT2D eigenvalue weighted by Crippen LogP contribution is -1.81. The van der Waals surface area contributed by atoms with Crippen molar-refractivity contribution in [3.8, 4) is 0 Å². The van der Waals surface area contributed by atoms with E-state index < -0.39 is 0 Å². The summed E-state index contributed by atoms with van der Waals surface area (Å²) in [5, 5.41) is 0. The van der Waals surface area contributed by atoms with Crippen LogP contribution in [0.25, 0.3) is 12.2 Å². The Morgan fingerprint density at radius 3 is 1.42 bits per heavy atom. The monoisotopic (exact) mass is 326 g/mol. The van der Waals surface area contributed by atoms with Crippen molar-refractivity contribution in [2.24, 2.45) is 0 Å². The lowest BCUT2D eigenvalue weighted by atomic mass is 10.0. The van der Waals surface area contributed by atoms with E-state index in [1.165, 1.54) is 88.2 Å². The maximum atomic E-state index is 2.35. The minimum absolute atomic E-state index is 1.21. The molecule has 0 unspecified atom stereocenters. The van der Waals surface area contributed by atoms with Crippen LogP contribution in [0.3, 0.4) is 0 Å². The Morgan fingerprint density at radius 2 is 1.00 bits per heavy atom. The molecule has 0 N–H and O–H groups in total. The van der Waals surface area contributed by atoms with Gasteiger partial charge in [-0.05, 0) is 36.8 Å². The highest BCUT2D eigenvalue weighted by Crippen LogP contribution is 2.15. The van der Waals surface area contributed by atoms with Crippen LogP contribution in [0.5, 0.6) is 0 Å². The second-order valence-electron chi connectivity index (χ2n) is 6.84. The quantitative estimate of drug-likeness (QED) is 0.301. The molecule has 134 valence electrons. The Balaban J connectivity index is 2.32. The Hall–Kier alpha value is -1.30. The maximum Gasteiger partial charge on any atom is -0.0187 e. The first kappa shape index (κ1) is 20.7. The van der Waals surface area contributed by atoms with Crippen LogP contribution in [0.15, 0.2) is 36.4 Å². The zero-order chi connectivity index (χ0) is 17.3. The van der Waals surface area contributed by atoms with Crippen molar-refractivity contribution in [1.82, 2.24) is 0 Å². The van der Waals surface area contributed by atoms with E-state index in [0.717, 1.165) is 0 Å². The van der Waals surface area contributed by atoms with Gasteiger partial charge >= 0.3 is 0 Å². The molecule has 1 aromatic carbocycles. The summed E-state index contributed by atoms with van der Waals surface area (Å²) in [4.78, 5) is 0. The minimum atomic E-state index is 1.21. The van der Waals surface area contributed by atoms with E-state index in [1.54, 1.807) is 0 Å². The molecule has 0 saturated carbocycles. The molecule has 0 aliphatic heterocycles. The van der Waals surface area contributed by atoms with E-state index in [4.69, 9.17) is 0 Å². The molecule has 1 aromatic rings. The molecule has 0 aliphatic rings. The lowest BCUT2D eigenvalue weighted by Gasteiger charge is -2.01. The van der Waals surface area contributed by atoms with E-state index in [1.807, 2.05) is 0 Å². The molecule has 1 rings (SSSR count). The fourth-order valence-corrected chi connectivity index (χ4v) is 2.97. The Morgan fingerprint density at radius 1 is 0.583 bits per heavy atom. The van der Waals surface area contributed by atoms with Crippen LogP contribution in [-0.4, -0.2) is 0 Å². The molecule has 0 radical (unpaired) electrons. The third-order valence-corrected chi connectivity index (χ3v) is 4.54. The minimum Gasteiger partial charge on any atom is -0.0839 e. The Bertz CT molecular complexity index is 410. The van der Waals surface area contributed by atoms with Crippen LogP contribution in [-0.2, 0) is 0 Å². The zero-order valence-corrected chi connectivity index (χ0v) is 16.1. The van der Waals surface area contributed by atoms with Crippen LogP contribution in [0, 0.1) is 0 Å². The summed E-state index contributed by atoms with van der Waals surface area (Å²) >= 11 is 0. The zero-order valence-electron chi connectivity index (χ0n) is 16.1. The van der Waals surface area contributed by atoms with Gasteiger partial charge in [-0.25, -0.2) is 0 Å². The first-order chi connectivity index (χ1) is 11.9. The third kappa shape index (κ3) is 10.5. The van der Waals surface area contributed by atoms with Crippen molar-refractivity contribution in [3.05, 3.63) is 47.5 Å². The highest BCUT2D eigenvalue weighted by atomic mass is 14.0. The van der Waals surface area contributed by atoms with Crippen molar-refractivity contribution >= 4 is 12.2 Å². The van der Waals surface area contributed by atoms with Crippen molar-refractivity contribution in [1.29, 1.82) is 0 Å². The molecule has 0 amide bonds. The Labute approximate surface area is 151 Å². The highest BCUT2D eigenvalue weighted by molar-refractivity contribution is 5.65. The van der Waals surface area contributed by atoms with E-state index in [2.05, 4.69) is 62.4 Å². The molecule has 0 aromatic heterocycles. The summed E-state index contributed by atoms with van der Waals surface area (Å²) in [6.07, 6.45) is 25.3. The van der Waals surface area contributed by atoms with E-state index in [-0.39, 0.29) is 0 Å². The molecule has 0 fully saturated rings. The number of rotatable bonds is 14. The molecule has 0 spiro atoms. The topological polar surface area (TPSA) is 0 Å². The average molecular weight is 327 g/mol. The van der Waals surface area contributed by atoms with E-state index in [0.29, 0.717) is 0 Å². The normalized spacial score (nSPS) is 11.8. The van der Waals surface area contributed by atoms with Crippen molar-refractivity contribution in [3.63, 3.8) is 0 Å². The van der Waals surface area contributed by atoms with Gasteiger partial charge in [0.2, 0.25) is 0 Å². The van der Waals surface area contributed by atoms with Gasteiger partial charge in [-0.15, -0.1) is 0 Å². The maximum absolute atomic E-state index is 2.35. The number of benzene rings is 1. The standard InChI is InChI=1S/C24H38/c1-3-5-7-9-11-13-15-19-23-21-17-18-22-24(23)20-16-14-12-10-8-6-4-2/h15-22H,3-14H2,1-2H3. The molecular weight excluding hydrogens is 288 g/mol. The summed E-state index contributed by atoms with van der Waals surface area (Å²) in [5.41, 5.74) is 2.71. The van der Waals surface area contributed by atoms with Gasteiger partial charge in [-0.2, -0.15) is 0 Å². The summed E-state index contributed by atoms with van der Waals surface area (Å²) in [6, 6.07) is 8.75. The van der Waals surface area contributed by atoms with E-state index >= 15 is 0 Å². The number of hydrogen-bond acceptors (Lipinski definition) is 0. The lowest BCUT2D eigenvalue weighted by molar-refractivity contribution is 0.638. The fourth-order valence-electron chi connectivity index (χ4n) is 2.97. The number of allylic oxidation sites excluding steroid dienone is 2. The molecule has 0 heteroatoms. The average Bonchev–Trinajstić information content (AvgIpc) is 2.61. The van der Waals surface area contributed by atoms with Crippen LogP contribution in [0.4, 0.5) is 0 Å². The van der Waals surface area contributed by atoms with Gasteiger partial charge in [-0.3, -0.25) is 0 Å². The van der Waals surface area contributed by atoms with Gasteiger partial charge in [0.05, 0.1) is 0 Å². The molecular formula is C24H38. The summed E-state index contributed by atoms with van der Waals surface area (Å²) < 4.78 is 0. The molecule has 0 bridgehead atoms. The summed E-state index contributed by atoms with van der Waals surface area (Å²) in [5.74, 6) is 0. The van der Waals surface area contributed by atoms with Crippen LogP contribution < -0.4 is 0 Å². The van der Waals surface area contributed by atoms with Gasteiger partial charge in [0, 0.05) is 0 Å². The largest absolute Gasteiger partial charge is 0.0839 e. The van der Waals surface area contributed by atoms with Gasteiger partial charge < -0.3 is 0 Å². The fraction of sp³-hybridized carbons (Fsp3) is 0.583. The van der Waals surface area contributed by atoms with Crippen LogP contribution in [0.1, 0.15) is 102 Å². The van der Waals surface area contributed by atoms with Crippen molar-refractivity contribution < 1.29 is 0 Å². The Kier molecular flexibility index (Phi) is 13.2. The highest BCUT2D eigenvalue weighted by Gasteiger charge is 1.94.